The molecule has 26 heavy (non-hydrogen) atoms. The van der Waals surface area contributed by atoms with E-state index >= 15 is 0 Å². The zero-order chi connectivity index (χ0) is 18.1. The van der Waals surface area contributed by atoms with E-state index in [1.807, 2.05) is 24.0 Å². The molecule has 1 unspecified atom stereocenters. The van der Waals surface area contributed by atoms with Gasteiger partial charge in [-0.15, -0.1) is 0 Å². The van der Waals surface area contributed by atoms with Gasteiger partial charge in [0.1, 0.15) is 5.69 Å². The Morgan fingerprint density at radius 2 is 2.08 bits per heavy atom. The lowest BCUT2D eigenvalue weighted by Gasteiger charge is -2.39. The molecule has 0 radical (unpaired) electrons. The SMILES string of the molecule is Cc1ccnc(C(=O)N2CCC3(CC2)CC(COCC2CC2)N(C)C3)c1. The van der Waals surface area contributed by atoms with Crippen molar-refractivity contribution in [3.05, 3.63) is 29.6 Å². The Balaban J connectivity index is 1.30. The zero-order valence-electron chi connectivity index (χ0n) is 16.1. The second-order valence-corrected chi connectivity index (χ2v) is 8.76. The fourth-order valence-electron chi connectivity index (χ4n) is 4.58. The van der Waals surface area contributed by atoms with Crippen LogP contribution in [0.4, 0.5) is 0 Å². The Morgan fingerprint density at radius 1 is 1.31 bits per heavy atom. The number of rotatable bonds is 5. The van der Waals surface area contributed by atoms with E-state index in [0.717, 1.165) is 57.2 Å². The number of amides is 1. The van der Waals surface area contributed by atoms with Gasteiger partial charge in [0.25, 0.3) is 5.91 Å². The van der Waals surface area contributed by atoms with E-state index in [-0.39, 0.29) is 5.91 Å². The van der Waals surface area contributed by atoms with Gasteiger partial charge < -0.3 is 14.5 Å². The Labute approximate surface area is 156 Å². The highest BCUT2D eigenvalue weighted by Gasteiger charge is 2.45. The molecule has 4 rings (SSSR count). The van der Waals surface area contributed by atoms with Crippen LogP contribution < -0.4 is 0 Å². The number of hydrogen-bond acceptors (Lipinski definition) is 4. The van der Waals surface area contributed by atoms with Crippen molar-refractivity contribution in [3.8, 4) is 0 Å². The molecule has 3 aliphatic rings. The molecule has 3 fully saturated rings. The second kappa shape index (κ2) is 7.28. The van der Waals surface area contributed by atoms with Gasteiger partial charge in [0, 0.05) is 38.5 Å². The summed E-state index contributed by atoms with van der Waals surface area (Å²) in [5.74, 6) is 0.916. The predicted molar refractivity (Wildman–Crippen MR) is 101 cm³/mol. The van der Waals surface area contributed by atoms with Crippen molar-refractivity contribution in [2.75, 3.05) is 39.9 Å². The number of aryl methyl sites for hydroxylation is 1. The zero-order valence-corrected chi connectivity index (χ0v) is 16.1. The van der Waals surface area contributed by atoms with E-state index in [0.29, 0.717) is 17.2 Å². The summed E-state index contributed by atoms with van der Waals surface area (Å²) in [5.41, 5.74) is 2.03. The molecule has 1 spiro atoms. The number of ether oxygens (including phenoxy) is 1. The first-order chi connectivity index (χ1) is 12.5. The van der Waals surface area contributed by atoms with E-state index in [4.69, 9.17) is 4.74 Å². The van der Waals surface area contributed by atoms with Crippen LogP contribution in [-0.4, -0.2) is 66.6 Å². The maximum absolute atomic E-state index is 12.7. The summed E-state index contributed by atoms with van der Waals surface area (Å²) in [6.45, 7) is 6.64. The standard InChI is InChI=1S/C21H31N3O2/c1-16-5-8-22-19(11-16)20(25)24-9-6-21(7-10-24)12-18(23(2)15-21)14-26-13-17-3-4-17/h5,8,11,17-18H,3-4,6-7,9-10,12-15H2,1-2H3. The Kier molecular flexibility index (Phi) is 5.02. The molecule has 5 heteroatoms. The van der Waals surface area contributed by atoms with Crippen molar-refractivity contribution in [2.24, 2.45) is 11.3 Å². The van der Waals surface area contributed by atoms with Gasteiger partial charge in [0.2, 0.25) is 0 Å². The van der Waals surface area contributed by atoms with Crippen molar-refractivity contribution in [3.63, 3.8) is 0 Å². The van der Waals surface area contributed by atoms with Gasteiger partial charge in [0.05, 0.1) is 6.61 Å². The van der Waals surface area contributed by atoms with E-state index in [1.165, 1.54) is 19.3 Å². The van der Waals surface area contributed by atoms with Crippen LogP contribution in [-0.2, 0) is 4.74 Å². The van der Waals surface area contributed by atoms with Crippen LogP contribution in [0.2, 0.25) is 0 Å². The maximum Gasteiger partial charge on any atom is 0.272 e. The molecular weight excluding hydrogens is 326 g/mol. The highest BCUT2D eigenvalue weighted by molar-refractivity contribution is 5.92. The number of likely N-dealkylation sites (tertiary alicyclic amines) is 2. The number of carbonyl (C=O) groups excluding carboxylic acids is 1. The lowest BCUT2D eigenvalue weighted by molar-refractivity contribution is 0.0582. The third kappa shape index (κ3) is 3.94. The molecule has 1 aromatic rings. The summed E-state index contributed by atoms with van der Waals surface area (Å²) in [7, 11) is 2.23. The third-order valence-corrected chi connectivity index (χ3v) is 6.48. The quantitative estimate of drug-likeness (QED) is 0.813. The molecule has 1 atom stereocenters. The van der Waals surface area contributed by atoms with Gasteiger partial charge in [-0.2, -0.15) is 0 Å². The Morgan fingerprint density at radius 3 is 2.77 bits per heavy atom. The fraction of sp³-hybridized carbons (Fsp3) is 0.714. The lowest BCUT2D eigenvalue weighted by atomic mass is 9.76. The van der Waals surface area contributed by atoms with Gasteiger partial charge >= 0.3 is 0 Å². The molecule has 142 valence electrons. The molecule has 1 amide bonds. The van der Waals surface area contributed by atoms with E-state index in [2.05, 4.69) is 16.9 Å². The van der Waals surface area contributed by atoms with Crippen molar-refractivity contribution in [2.45, 2.75) is 45.1 Å². The number of piperidine rings is 1. The summed E-state index contributed by atoms with van der Waals surface area (Å²) in [4.78, 5) is 21.5. The van der Waals surface area contributed by atoms with Crippen LogP contribution in [0.15, 0.2) is 18.3 Å². The molecule has 0 N–H and O–H groups in total. The van der Waals surface area contributed by atoms with Gasteiger partial charge in [-0.25, -0.2) is 0 Å². The largest absolute Gasteiger partial charge is 0.380 e. The van der Waals surface area contributed by atoms with Crippen LogP contribution in [0.25, 0.3) is 0 Å². The molecular formula is C21H31N3O2. The second-order valence-electron chi connectivity index (χ2n) is 8.76. The maximum atomic E-state index is 12.7. The monoisotopic (exact) mass is 357 g/mol. The van der Waals surface area contributed by atoms with Gasteiger partial charge in [-0.3, -0.25) is 9.78 Å². The first-order valence-electron chi connectivity index (χ1n) is 10.0. The number of carbonyl (C=O) groups is 1. The van der Waals surface area contributed by atoms with Crippen LogP contribution in [0.1, 0.15) is 48.2 Å². The minimum Gasteiger partial charge on any atom is -0.380 e. The van der Waals surface area contributed by atoms with E-state index in [1.54, 1.807) is 6.20 Å². The average Bonchev–Trinajstić information content (AvgIpc) is 3.40. The summed E-state index contributed by atoms with van der Waals surface area (Å²) < 4.78 is 5.96. The van der Waals surface area contributed by atoms with Crippen molar-refractivity contribution in [1.29, 1.82) is 0 Å². The molecule has 1 aliphatic carbocycles. The van der Waals surface area contributed by atoms with Gasteiger partial charge in [-0.05, 0) is 75.1 Å². The molecule has 1 saturated carbocycles. The van der Waals surface area contributed by atoms with Crippen molar-refractivity contribution in [1.82, 2.24) is 14.8 Å². The topological polar surface area (TPSA) is 45.7 Å². The molecule has 2 saturated heterocycles. The van der Waals surface area contributed by atoms with Crippen molar-refractivity contribution < 1.29 is 9.53 Å². The smallest absolute Gasteiger partial charge is 0.272 e. The normalized spacial score (nSPS) is 25.8. The highest BCUT2D eigenvalue weighted by Crippen LogP contribution is 2.43. The summed E-state index contributed by atoms with van der Waals surface area (Å²) in [6, 6.07) is 4.36. The molecule has 0 aromatic carbocycles. The van der Waals surface area contributed by atoms with E-state index < -0.39 is 0 Å². The number of likely N-dealkylation sites (N-methyl/N-ethyl adjacent to an activating group) is 1. The minimum atomic E-state index is 0.0826. The summed E-state index contributed by atoms with van der Waals surface area (Å²) in [5, 5.41) is 0. The predicted octanol–water partition coefficient (Wildman–Crippen LogP) is 2.74. The first-order valence-corrected chi connectivity index (χ1v) is 10.0. The van der Waals surface area contributed by atoms with Crippen LogP contribution in [0, 0.1) is 18.3 Å². The molecule has 3 heterocycles. The van der Waals surface area contributed by atoms with Gasteiger partial charge in [-0.1, -0.05) is 0 Å². The van der Waals surface area contributed by atoms with E-state index in [9.17, 15) is 4.79 Å². The third-order valence-electron chi connectivity index (χ3n) is 6.48. The molecule has 5 nitrogen and oxygen atoms in total. The summed E-state index contributed by atoms with van der Waals surface area (Å²) in [6.07, 6.45) is 7.82. The highest BCUT2D eigenvalue weighted by atomic mass is 16.5. The lowest BCUT2D eigenvalue weighted by Crippen LogP contribution is -2.44. The first kappa shape index (κ1) is 17.9. The number of nitrogens with zero attached hydrogens (tertiary/aromatic N) is 3. The molecule has 2 aliphatic heterocycles. The average molecular weight is 357 g/mol. The van der Waals surface area contributed by atoms with Gasteiger partial charge in [0.15, 0.2) is 0 Å². The van der Waals surface area contributed by atoms with Crippen LogP contribution >= 0.6 is 0 Å². The van der Waals surface area contributed by atoms with Crippen LogP contribution in [0.3, 0.4) is 0 Å². The number of hydrogen-bond donors (Lipinski definition) is 0. The Hall–Kier alpha value is -1.46. The molecule has 1 aromatic heterocycles. The number of pyridine rings is 1. The number of aromatic nitrogens is 1. The fourth-order valence-corrected chi connectivity index (χ4v) is 4.58. The van der Waals surface area contributed by atoms with Crippen molar-refractivity contribution >= 4 is 5.91 Å². The van der Waals surface area contributed by atoms with Crippen LogP contribution in [0.5, 0.6) is 0 Å². The minimum absolute atomic E-state index is 0.0826. The summed E-state index contributed by atoms with van der Waals surface area (Å²) >= 11 is 0. The Bertz CT molecular complexity index is 650. The molecule has 0 bridgehead atoms.